The summed E-state index contributed by atoms with van der Waals surface area (Å²) in [5.74, 6) is 0. The van der Waals surface area contributed by atoms with Gasteiger partial charge in [-0.2, -0.15) is 0 Å². The first-order valence-electron chi connectivity index (χ1n) is 7.52. The zero-order valence-electron chi connectivity index (χ0n) is 12.8. The first-order valence-corrected chi connectivity index (χ1v) is 7.90. The van der Waals surface area contributed by atoms with Crippen molar-refractivity contribution in [1.82, 2.24) is 10.2 Å². The predicted octanol–water partition coefficient (Wildman–Crippen LogP) is 2.98. The molecular formula is C16H26ClN3. The van der Waals surface area contributed by atoms with Gasteiger partial charge in [-0.15, -0.1) is 0 Å². The molecule has 0 radical (unpaired) electrons. The second-order valence-electron chi connectivity index (χ2n) is 5.72. The molecule has 2 rings (SSSR count). The molecule has 112 valence electrons. The fourth-order valence-electron chi connectivity index (χ4n) is 2.93. The zero-order valence-corrected chi connectivity index (χ0v) is 13.6. The lowest BCUT2D eigenvalue weighted by molar-refractivity contribution is 0.248. The second-order valence-corrected chi connectivity index (χ2v) is 6.16. The number of rotatable bonds is 5. The topological polar surface area (TPSA) is 18.5 Å². The summed E-state index contributed by atoms with van der Waals surface area (Å²) in [4.78, 5) is 4.83. The average Bonchev–Trinajstić information content (AvgIpc) is 2.45. The molecule has 0 spiro atoms. The lowest BCUT2D eigenvalue weighted by Crippen LogP contribution is -2.45. The maximum absolute atomic E-state index is 6.21. The maximum Gasteiger partial charge on any atom is 0.0427 e. The summed E-state index contributed by atoms with van der Waals surface area (Å²) < 4.78 is 0. The highest BCUT2D eigenvalue weighted by Crippen LogP contribution is 2.28. The normalized spacial score (nSPS) is 20.1. The molecule has 0 bridgehead atoms. The van der Waals surface area contributed by atoms with Gasteiger partial charge in [0.2, 0.25) is 0 Å². The molecule has 1 N–H and O–H groups in total. The minimum Gasteiger partial charge on any atom is -0.370 e. The van der Waals surface area contributed by atoms with E-state index in [0.29, 0.717) is 6.04 Å². The van der Waals surface area contributed by atoms with Crippen LogP contribution in [0.2, 0.25) is 5.02 Å². The third-order valence-electron chi connectivity index (χ3n) is 4.14. The van der Waals surface area contributed by atoms with Crippen molar-refractivity contribution < 1.29 is 0 Å². The quantitative estimate of drug-likeness (QED) is 0.901. The van der Waals surface area contributed by atoms with Crippen molar-refractivity contribution in [2.45, 2.75) is 32.4 Å². The molecule has 1 aromatic carbocycles. The minimum absolute atomic E-state index is 0.576. The zero-order chi connectivity index (χ0) is 14.5. The standard InChI is InChI=1S/C16H26ClN3/c1-4-18-11-13-7-8-14(17)10-16(13)20(3)15-6-5-9-19(2)12-15/h7-8,10,15,18H,4-6,9,11-12H2,1-3H3. The molecule has 1 aliphatic rings. The summed E-state index contributed by atoms with van der Waals surface area (Å²) in [5.41, 5.74) is 2.59. The highest BCUT2D eigenvalue weighted by atomic mass is 35.5. The van der Waals surface area contributed by atoms with Crippen LogP contribution in [0.3, 0.4) is 0 Å². The van der Waals surface area contributed by atoms with Gasteiger partial charge >= 0.3 is 0 Å². The lowest BCUT2D eigenvalue weighted by atomic mass is 10.0. The second kappa shape index (κ2) is 7.30. The Bertz CT molecular complexity index is 436. The van der Waals surface area contributed by atoms with E-state index in [1.165, 1.54) is 30.6 Å². The van der Waals surface area contributed by atoms with Crippen LogP contribution in [0.25, 0.3) is 0 Å². The van der Waals surface area contributed by atoms with E-state index in [4.69, 9.17) is 11.6 Å². The Morgan fingerprint density at radius 1 is 1.45 bits per heavy atom. The molecule has 4 heteroatoms. The molecule has 1 atom stereocenters. The van der Waals surface area contributed by atoms with Crippen LogP contribution in [0.4, 0.5) is 5.69 Å². The Hall–Kier alpha value is -0.770. The smallest absolute Gasteiger partial charge is 0.0427 e. The van der Waals surface area contributed by atoms with Gasteiger partial charge in [0.05, 0.1) is 0 Å². The third-order valence-corrected chi connectivity index (χ3v) is 4.38. The number of hydrogen-bond donors (Lipinski definition) is 1. The molecule has 1 saturated heterocycles. The van der Waals surface area contributed by atoms with Crippen molar-refractivity contribution in [2.24, 2.45) is 0 Å². The molecular weight excluding hydrogens is 270 g/mol. The van der Waals surface area contributed by atoms with E-state index in [2.05, 4.69) is 48.3 Å². The molecule has 0 amide bonds. The highest BCUT2D eigenvalue weighted by molar-refractivity contribution is 6.30. The number of benzene rings is 1. The predicted molar refractivity (Wildman–Crippen MR) is 87.8 cm³/mol. The van der Waals surface area contributed by atoms with Crippen LogP contribution in [0.5, 0.6) is 0 Å². The Morgan fingerprint density at radius 3 is 2.95 bits per heavy atom. The highest BCUT2D eigenvalue weighted by Gasteiger charge is 2.22. The molecule has 1 heterocycles. The van der Waals surface area contributed by atoms with Crippen LogP contribution in [0.1, 0.15) is 25.3 Å². The number of nitrogens with zero attached hydrogens (tertiary/aromatic N) is 2. The van der Waals surface area contributed by atoms with Crippen molar-refractivity contribution in [3.63, 3.8) is 0 Å². The van der Waals surface area contributed by atoms with E-state index in [9.17, 15) is 0 Å². The van der Waals surface area contributed by atoms with E-state index in [0.717, 1.165) is 24.7 Å². The van der Waals surface area contributed by atoms with Crippen LogP contribution >= 0.6 is 11.6 Å². The van der Waals surface area contributed by atoms with Gasteiger partial charge in [-0.25, -0.2) is 0 Å². The Morgan fingerprint density at radius 2 is 2.25 bits per heavy atom. The summed E-state index contributed by atoms with van der Waals surface area (Å²) in [6, 6.07) is 6.80. The number of likely N-dealkylation sites (tertiary alicyclic amines) is 1. The van der Waals surface area contributed by atoms with Gasteiger partial charge in [0.1, 0.15) is 0 Å². The van der Waals surface area contributed by atoms with Crippen molar-refractivity contribution in [3.8, 4) is 0 Å². The van der Waals surface area contributed by atoms with Crippen molar-refractivity contribution in [2.75, 3.05) is 38.6 Å². The maximum atomic E-state index is 6.21. The molecule has 3 nitrogen and oxygen atoms in total. The van der Waals surface area contributed by atoms with Gasteiger partial charge in [-0.1, -0.05) is 24.6 Å². The number of anilines is 1. The van der Waals surface area contributed by atoms with Crippen LogP contribution in [0, 0.1) is 0 Å². The van der Waals surface area contributed by atoms with Crippen LogP contribution < -0.4 is 10.2 Å². The van der Waals surface area contributed by atoms with Crippen LogP contribution in [-0.2, 0) is 6.54 Å². The molecule has 1 aromatic rings. The van der Waals surface area contributed by atoms with Gasteiger partial charge in [0.15, 0.2) is 0 Å². The summed E-state index contributed by atoms with van der Waals surface area (Å²) in [7, 11) is 4.41. The Balaban J connectivity index is 2.18. The SMILES string of the molecule is CCNCc1ccc(Cl)cc1N(C)C1CCCN(C)C1. The molecule has 1 unspecified atom stereocenters. The van der Waals surface area contributed by atoms with E-state index in [1.54, 1.807) is 0 Å². The number of halogens is 1. The van der Waals surface area contributed by atoms with Gasteiger partial charge in [0.25, 0.3) is 0 Å². The number of nitrogens with one attached hydrogen (secondary N) is 1. The van der Waals surface area contributed by atoms with Crippen molar-refractivity contribution >= 4 is 17.3 Å². The van der Waals surface area contributed by atoms with Crippen molar-refractivity contribution in [1.29, 1.82) is 0 Å². The molecule has 0 saturated carbocycles. The molecule has 1 fully saturated rings. The summed E-state index contributed by atoms with van der Waals surface area (Å²) in [6.45, 7) is 6.36. The van der Waals surface area contributed by atoms with Crippen LogP contribution in [0.15, 0.2) is 18.2 Å². The minimum atomic E-state index is 0.576. The molecule has 0 aromatic heterocycles. The lowest BCUT2D eigenvalue weighted by Gasteiger charge is -2.38. The average molecular weight is 296 g/mol. The number of piperidine rings is 1. The van der Waals surface area contributed by atoms with Gasteiger partial charge in [-0.3, -0.25) is 0 Å². The Labute approximate surface area is 127 Å². The van der Waals surface area contributed by atoms with Gasteiger partial charge in [0, 0.05) is 36.9 Å². The van der Waals surface area contributed by atoms with E-state index < -0.39 is 0 Å². The van der Waals surface area contributed by atoms with E-state index in [-0.39, 0.29) is 0 Å². The van der Waals surface area contributed by atoms with Gasteiger partial charge in [-0.05, 0) is 50.7 Å². The van der Waals surface area contributed by atoms with Crippen molar-refractivity contribution in [3.05, 3.63) is 28.8 Å². The van der Waals surface area contributed by atoms with Gasteiger partial charge < -0.3 is 15.1 Å². The fourth-order valence-corrected chi connectivity index (χ4v) is 3.09. The van der Waals surface area contributed by atoms with E-state index in [1.807, 2.05) is 6.07 Å². The fraction of sp³-hybridized carbons (Fsp3) is 0.625. The molecule has 20 heavy (non-hydrogen) atoms. The van der Waals surface area contributed by atoms with Crippen LogP contribution in [-0.4, -0.2) is 44.7 Å². The largest absolute Gasteiger partial charge is 0.370 e. The first-order chi connectivity index (χ1) is 9.61. The number of hydrogen-bond acceptors (Lipinski definition) is 3. The Kier molecular flexibility index (Phi) is 5.70. The summed E-state index contributed by atoms with van der Waals surface area (Å²) in [6.07, 6.45) is 2.53. The molecule has 0 aliphatic carbocycles. The first kappa shape index (κ1) is 15.6. The molecule has 1 aliphatic heterocycles. The third kappa shape index (κ3) is 3.87. The summed E-state index contributed by atoms with van der Waals surface area (Å²) >= 11 is 6.21. The van der Waals surface area contributed by atoms with E-state index >= 15 is 0 Å². The summed E-state index contributed by atoms with van der Waals surface area (Å²) in [5, 5.41) is 4.23. The monoisotopic (exact) mass is 295 g/mol. The number of likely N-dealkylation sites (N-methyl/N-ethyl adjacent to an activating group) is 2.